The van der Waals surface area contributed by atoms with E-state index in [-0.39, 0.29) is 11.4 Å². The molecule has 2 heterocycles. The zero-order valence-corrected chi connectivity index (χ0v) is 7.62. The third-order valence-electron chi connectivity index (χ3n) is 2.63. The first kappa shape index (κ1) is 8.31. The van der Waals surface area contributed by atoms with E-state index < -0.39 is 0 Å². The second-order valence-electron chi connectivity index (χ2n) is 3.74. The molecule has 1 fully saturated rings. The molecule has 0 amide bonds. The molecule has 1 saturated heterocycles. The fourth-order valence-corrected chi connectivity index (χ4v) is 1.72. The van der Waals surface area contributed by atoms with Crippen LogP contribution in [0.2, 0.25) is 0 Å². The maximum absolute atomic E-state index is 5.71. The summed E-state index contributed by atoms with van der Waals surface area (Å²) < 4.78 is 1.37. The summed E-state index contributed by atoms with van der Waals surface area (Å²) in [7, 11) is 0. The number of anilines is 1. The molecule has 1 unspecified atom stereocenters. The Labute approximate surface area is 76.3 Å². The fourth-order valence-electron chi connectivity index (χ4n) is 1.72. The number of aromatic nitrogens is 3. The summed E-state index contributed by atoms with van der Waals surface area (Å²) in [6.07, 6.45) is 1.02. The van der Waals surface area contributed by atoms with Crippen LogP contribution in [0.1, 0.15) is 19.2 Å². The van der Waals surface area contributed by atoms with Crippen molar-refractivity contribution in [2.24, 2.45) is 0 Å². The minimum Gasteiger partial charge on any atom is -0.366 e. The van der Waals surface area contributed by atoms with Gasteiger partial charge in [-0.25, -0.2) is 4.68 Å². The standard InChI is InChI=1S/C7H14N6/c1-7(2-3-10-4-7)5-11-12-6(8)13(5)9/h10H,2-4,9H2,1H3,(H2,8,12). The van der Waals surface area contributed by atoms with E-state index in [1.54, 1.807) is 0 Å². The summed E-state index contributed by atoms with van der Waals surface area (Å²) in [5, 5.41) is 11.0. The SMILES string of the molecule is CC1(c2nnc(N)n2N)CCNC1. The molecule has 6 heteroatoms. The van der Waals surface area contributed by atoms with Gasteiger partial charge in [0.25, 0.3) is 0 Å². The van der Waals surface area contributed by atoms with Crippen molar-refractivity contribution < 1.29 is 0 Å². The highest BCUT2D eigenvalue weighted by molar-refractivity contribution is 5.22. The van der Waals surface area contributed by atoms with Gasteiger partial charge in [-0.05, 0) is 13.0 Å². The van der Waals surface area contributed by atoms with Crippen molar-refractivity contribution in [3.05, 3.63) is 5.82 Å². The summed E-state index contributed by atoms with van der Waals surface area (Å²) in [6.45, 7) is 3.98. The highest BCUT2D eigenvalue weighted by Crippen LogP contribution is 2.28. The molecule has 0 aromatic carbocycles. The lowest BCUT2D eigenvalue weighted by Gasteiger charge is -2.20. The Balaban J connectivity index is 2.39. The van der Waals surface area contributed by atoms with E-state index in [1.165, 1.54) is 4.68 Å². The Hall–Kier alpha value is -1.30. The third kappa shape index (κ3) is 1.14. The summed E-state index contributed by atoms with van der Waals surface area (Å²) in [6, 6.07) is 0. The summed E-state index contributed by atoms with van der Waals surface area (Å²) in [4.78, 5) is 0. The third-order valence-corrected chi connectivity index (χ3v) is 2.63. The van der Waals surface area contributed by atoms with E-state index in [0.29, 0.717) is 0 Å². The molecule has 72 valence electrons. The minimum absolute atomic E-state index is 0.0284. The van der Waals surface area contributed by atoms with Gasteiger partial charge in [0, 0.05) is 12.0 Å². The Morgan fingerprint density at radius 2 is 2.31 bits per heavy atom. The number of nitrogens with one attached hydrogen (secondary N) is 1. The number of nitrogen functional groups attached to an aromatic ring is 2. The molecule has 1 aromatic rings. The van der Waals surface area contributed by atoms with Gasteiger partial charge in [0.1, 0.15) is 0 Å². The van der Waals surface area contributed by atoms with Gasteiger partial charge in [-0.1, -0.05) is 6.92 Å². The van der Waals surface area contributed by atoms with Crippen molar-refractivity contribution in [3.8, 4) is 0 Å². The van der Waals surface area contributed by atoms with Gasteiger partial charge in [0.15, 0.2) is 5.82 Å². The van der Waals surface area contributed by atoms with Gasteiger partial charge in [-0.15, -0.1) is 10.2 Å². The highest BCUT2D eigenvalue weighted by atomic mass is 15.4. The Kier molecular flexibility index (Phi) is 1.66. The molecule has 0 aliphatic carbocycles. The van der Waals surface area contributed by atoms with Gasteiger partial charge >= 0.3 is 0 Å². The summed E-state index contributed by atoms with van der Waals surface area (Å²) >= 11 is 0. The molecule has 1 aliphatic heterocycles. The van der Waals surface area contributed by atoms with E-state index in [2.05, 4.69) is 22.4 Å². The Bertz CT molecular complexity index is 311. The van der Waals surface area contributed by atoms with E-state index >= 15 is 0 Å². The van der Waals surface area contributed by atoms with Crippen molar-refractivity contribution in [2.75, 3.05) is 24.7 Å². The first-order valence-electron chi connectivity index (χ1n) is 4.31. The first-order valence-corrected chi connectivity index (χ1v) is 4.31. The fraction of sp³-hybridized carbons (Fsp3) is 0.714. The molecule has 2 rings (SSSR count). The van der Waals surface area contributed by atoms with Crippen LogP contribution in [0.3, 0.4) is 0 Å². The van der Waals surface area contributed by atoms with Gasteiger partial charge < -0.3 is 16.9 Å². The second kappa shape index (κ2) is 2.59. The number of nitrogens with zero attached hydrogens (tertiary/aromatic N) is 3. The number of rotatable bonds is 1. The van der Waals surface area contributed by atoms with Crippen molar-refractivity contribution in [1.29, 1.82) is 0 Å². The smallest absolute Gasteiger partial charge is 0.240 e. The van der Waals surface area contributed by atoms with Crippen molar-refractivity contribution in [1.82, 2.24) is 20.2 Å². The van der Waals surface area contributed by atoms with Crippen LogP contribution in [0.5, 0.6) is 0 Å². The lowest BCUT2D eigenvalue weighted by Crippen LogP contribution is -2.31. The molecule has 0 bridgehead atoms. The zero-order chi connectivity index (χ0) is 9.47. The van der Waals surface area contributed by atoms with E-state index in [1.807, 2.05) is 0 Å². The van der Waals surface area contributed by atoms with Gasteiger partial charge in [0.05, 0.1) is 0 Å². The van der Waals surface area contributed by atoms with Crippen LogP contribution in [0.25, 0.3) is 0 Å². The lowest BCUT2D eigenvalue weighted by molar-refractivity contribution is 0.476. The van der Waals surface area contributed by atoms with Crippen molar-refractivity contribution in [2.45, 2.75) is 18.8 Å². The largest absolute Gasteiger partial charge is 0.366 e. The maximum Gasteiger partial charge on any atom is 0.240 e. The van der Waals surface area contributed by atoms with Crippen LogP contribution < -0.4 is 16.9 Å². The average Bonchev–Trinajstić information content (AvgIpc) is 2.63. The topological polar surface area (TPSA) is 94.8 Å². The molecule has 1 atom stereocenters. The van der Waals surface area contributed by atoms with Crippen LogP contribution in [0, 0.1) is 0 Å². The minimum atomic E-state index is -0.0284. The van der Waals surface area contributed by atoms with Gasteiger partial charge in [-0.3, -0.25) is 0 Å². The Morgan fingerprint density at radius 1 is 1.54 bits per heavy atom. The predicted molar refractivity (Wildman–Crippen MR) is 49.4 cm³/mol. The van der Waals surface area contributed by atoms with Gasteiger partial charge in [0.2, 0.25) is 5.95 Å². The number of hydrogen-bond donors (Lipinski definition) is 3. The van der Waals surface area contributed by atoms with Crippen molar-refractivity contribution >= 4 is 5.95 Å². The zero-order valence-electron chi connectivity index (χ0n) is 7.62. The molecule has 0 spiro atoms. The number of nitrogens with two attached hydrogens (primary N) is 2. The van der Waals surface area contributed by atoms with Gasteiger partial charge in [-0.2, -0.15) is 0 Å². The molecule has 1 aromatic heterocycles. The molecule has 13 heavy (non-hydrogen) atoms. The van der Waals surface area contributed by atoms with Crippen LogP contribution >= 0.6 is 0 Å². The van der Waals surface area contributed by atoms with Crippen molar-refractivity contribution in [3.63, 3.8) is 0 Å². The van der Waals surface area contributed by atoms with Crippen LogP contribution in [0.15, 0.2) is 0 Å². The first-order chi connectivity index (χ1) is 6.13. The monoisotopic (exact) mass is 182 g/mol. The molecule has 0 saturated carbocycles. The quantitative estimate of drug-likeness (QED) is 0.475. The molecular weight excluding hydrogens is 168 g/mol. The number of hydrogen-bond acceptors (Lipinski definition) is 5. The van der Waals surface area contributed by atoms with E-state index in [0.717, 1.165) is 25.3 Å². The van der Waals surface area contributed by atoms with Crippen LogP contribution in [-0.4, -0.2) is 28.0 Å². The molecule has 5 N–H and O–H groups in total. The second-order valence-corrected chi connectivity index (χ2v) is 3.74. The molecule has 1 aliphatic rings. The molecular formula is C7H14N6. The summed E-state index contributed by atoms with van der Waals surface area (Å²) in [5.41, 5.74) is 5.48. The summed E-state index contributed by atoms with van der Waals surface area (Å²) in [5.74, 6) is 6.73. The Morgan fingerprint density at radius 3 is 2.77 bits per heavy atom. The van der Waals surface area contributed by atoms with Crippen LogP contribution in [-0.2, 0) is 5.41 Å². The van der Waals surface area contributed by atoms with E-state index in [9.17, 15) is 0 Å². The van der Waals surface area contributed by atoms with Crippen LogP contribution in [0.4, 0.5) is 5.95 Å². The van der Waals surface area contributed by atoms with E-state index in [4.69, 9.17) is 11.6 Å². The maximum atomic E-state index is 5.71. The average molecular weight is 182 g/mol. The normalized spacial score (nSPS) is 28.1. The lowest BCUT2D eigenvalue weighted by atomic mass is 9.89. The predicted octanol–water partition coefficient (Wildman–Crippen LogP) is -1.17. The highest BCUT2D eigenvalue weighted by Gasteiger charge is 2.35. The molecule has 0 radical (unpaired) electrons. The molecule has 6 nitrogen and oxygen atoms in total.